The summed E-state index contributed by atoms with van der Waals surface area (Å²) < 4.78 is 0. The highest BCUT2D eigenvalue weighted by Crippen LogP contribution is 1.74. The lowest BCUT2D eigenvalue weighted by molar-refractivity contribution is -0.304. The monoisotopic (exact) mass is 136 g/mol. The first kappa shape index (κ1) is 10.5. The van der Waals surface area contributed by atoms with Crippen LogP contribution in [0.15, 0.2) is 0 Å². The van der Waals surface area contributed by atoms with Gasteiger partial charge in [-0.15, -0.1) is 0 Å². The molecule has 0 atom stereocenters. The van der Waals surface area contributed by atoms with E-state index in [1.807, 2.05) is 0 Å². The standard InChI is InChI=1S/C4H6O3.H2S/c1-3(5)2-4(6)7;/h2H2,1H3,(H,6,7);1H2. The first-order valence-electron chi connectivity index (χ1n) is 1.82. The third-order valence-corrected chi connectivity index (χ3v) is 0.393. The predicted octanol–water partition coefficient (Wildman–Crippen LogP) is -2.09. The smallest absolute Gasteiger partial charge is 0.135 e. The normalized spacial score (nSPS) is 7.12. The van der Waals surface area contributed by atoms with E-state index in [0.717, 1.165) is 0 Å². The third-order valence-electron chi connectivity index (χ3n) is 0.393. The SMILES string of the molecule is CC(=O)CC(=O)[O-].[SH3+]. The number of carbonyl (C=O) groups is 2. The van der Waals surface area contributed by atoms with E-state index in [1.165, 1.54) is 6.92 Å². The molecule has 0 aliphatic carbocycles. The van der Waals surface area contributed by atoms with Gasteiger partial charge in [0.05, 0.1) is 0 Å². The van der Waals surface area contributed by atoms with Crippen molar-refractivity contribution in [1.29, 1.82) is 0 Å². The maximum atomic E-state index is 9.83. The van der Waals surface area contributed by atoms with Crippen LogP contribution in [0.4, 0.5) is 0 Å². The molecular weight excluding hydrogens is 128 g/mol. The van der Waals surface area contributed by atoms with Crippen LogP contribution in [0, 0.1) is 0 Å². The zero-order chi connectivity index (χ0) is 5.86. The van der Waals surface area contributed by atoms with Crippen LogP contribution < -0.4 is 5.11 Å². The van der Waals surface area contributed by atoms with Crippen LogP contribution in [0.25, 0.3) is 0 Å². The summed E-state index contributed by atoms with van der Waals surface area (Å²) in [6.07, 6.45) is -0.472. The molecule has 0 fully saturated rings. The molecule has 0 unspecified atom stereocenters. The van der Waals surface area contributed by atoms with Crippen molar-refractivity contribution < 1.29 is 14.7 Å². The maximum absolute atomic E-state index is 9.83. The summed E-state index contributed by atoms with van der Waals surface area (Å²) in [4.78, 5) is 19.3. The summed E-state index contributed by atoms with van der Waals surface area (Å²) in [5.74, 6) is -1.69. The van der Waals surface area contributed by atoms with Crippen LogP contribution >= 0.6 is 0 Å². The summed E-state index contributed by atoms with van der Waals surface area (Å²) in [6.45, 7) is 1.20. The van der Waals surface area contributed by atoms with E-state index < -0.39 is 12.4 Å². The first-order chi connectivity index (χ1) is 3.13. The molecule has 0 heterocycles. The van der Waals surface area contributed by atoms with E-state index in [-0.39, 0.29) is 19.3 Å². The Morgan fingerprint density at radius 1 is 1.50 bits per heavy atom. The zero-order valence-electron chi connectivity index (χ0n) is 4.51. The van der Waals surface area contributed by atoms with Crippen LogP contribution in [-0.2, 0) is 23.1 Å². The average Bonchev–Trinajstić information content (AvgIpc) is 1.27. The van der Waals surface area contributed by atoms with E-state index in [1.54, 1.807) is 0 Å². The summed E-state index contributed by atoms with van der Waals surface area (Å²) in [5.41, 5.74) is 0. The number of hydrogen-bond acceptors (Lipinski definition) is 3. The molecule has 0 bridgehead atoms. The predicted molar refractivity (Wildman–Crippen MR) is 31.9 cm³/mol. The quantitative estimate of drug-likeness (QED) is 0.323. The van der Waals surface area contributed by atoms with E-state index in [0.29, 0.717) is 0 Å². The van der Waals surface area contributed by atoms with Crippen molar-refractivity contribution in [2.75, 3.05) is 0 Å². The molecule has 48 valence electrons. The van der Waals surface area contributed by atoms with Crippen LogP contribution in [0.1, 0.15) is 13.3 Å². The average molecular weight is 136 g/mol. The Bertz CT molecular complexity index is 87.5. The number of aliphatic carboxylic acids is 1. The van der Waals surface area contributed by atoms with E-state index in [2.05, 4.69) is 0 Å². The summed E-state index contributed by atoms with van der Waals surface area (Å²) in [5, 5.41) is 9.48. The lowest BCUT2D eigenvalue weighted by Gasteiger charge is -1.92. The van der Waals surface area contributed by atoms with Crippen molar-refractivity contribution in [2.45, 2.75) is 13.3 Å². The fraction of sp³-hybridized carbons (Fsp3) is 0.500. The van der Waals surface area contributed by atoms with Gasteiger partial charge in [-0.2, -0.15) is 0 Å². The maximum Gasteiger partial charge on any atom is 0.135 e. The van der Waals surface area contributed by atoms with Crippen LogP contribution in [0.3, 0.4) is 0 Å². The Labute approximate surface area is 54.1 Å². The molecule has 3 nitrogen and oxygen atoms in total. The van der Waals surface area contributed by atoms with E-state index >= 15 is 0 Å². The number of carbonyl (C=O) groups excluding carboxylic acids is 2. The highest BCUT2D eigenvalue weighted by molar-refractivity contribution is 7.37. The molecule has 4 heteroatoms. The van der Waals surface area contributed by atoms with E-state index in [4.69, 9.17) is 0 Å². The molecule has 0 amide bonds. The molecule has 0 rings (SSSR count). The molecule has 0 spiro atoms. The number of carboxylic acids is 1. The topological polar surface area (TPSA) is 57.2 Å². The Kier molecular flexibility index (Phi) is 6.08. The number of hydrogen-bond donors (Lipinski definition) is 0. The molecule has 0 aliphatic rings. The minimum absolute atomic E-state index is 0. The molecule has 0 aliphatic heterocycles. The zero-order valence-corrected chi connectivity index (χ0v) is 5.66. The van der Waals surface area contributed by atoms with Gasteiger partial charge in [0.2, 0.25) is 0 Å². The fourth-order valence-corrected chi connectivity index (χ4v) is 0.203. The van der Waals surface area contributed by atoms with Gasteiger partial charge in [0.15, 0.2) is 0 Å². The summed E-state index contributed by atoms with van der Waals surface area (Å²) in [6, 6.07) is 0. The van der Waals surface area contributed by atoms with Crippen LogP contribution in [0.2, 0.25) is 0 Å². The van der Waals surface area contributed by atoms with Gasteiger partial charge < -0.3 is 9.90 Å². The fourth-order valence-electron chi connectivity index (χ4n) is 0.203. The first-order valence-corrected chi connectivity index (χ1v) is 1.82. The molecule has 0 aromatic heterocycles. The molecule has 0 N–H and O–H groups in total. The Morgan fingerprint density at radius 2 is 1.88 bits per heavy atom. The van der Waals surface area contributed by atoms with Gasteiger partial charge in [0.1, 0.15) is 5.78 Å². The number of carboxylic acid groups (broad SMARTS) is 1. The van der Waals surface area contributed by atoms with Gasteiger partial charge in [-0.1, -0.05) is 13.5 Å². The van der Waals surface area contributed by atoms with Crippen molar-refractivity contribution in [3.05, 3.63) is 0 Å². The molecule has 0 aromatic rings. The van der Waals surface area contributed by atoms with Gasteiger partial charge >= 0.3 is 0 Å². The van der Waals surface area contributed by atoms with Crippen molar-refractivity contribution in [3.63, 3.8) is 0 Å². The second kappa shape index (κ2) is 4.64. The number of ketones is 1. The summed E-state index contributed by atoms with van der Waals surface area (Å²) >= 11 is 0. The van der Waals surface area contributed by atoms with Gasteiger partial charge in [0.25, 0.3) is 0 Å². The molecule has 0 aromatic carbocycles. The molecule has 0 radical (unpaired) electrons. The lowest BCUT2D eigenvalue weighted by Crippen LogP contribution is -2.24. The number of rotatable bonds is 2. The highest BCUT2D eigenvalue weighted by Gasteiger charge is 1.88. The Balaban J connectivity index is 0. The minimum Gasteiger partial charge on any atom is -0.550 e. The Morgan fingerprint density at radius 3 is 1.88 bits per heavy atom. The lowest BCUT2D eigenvalue weighted by atomic mass is 10.3. The number of Topliss-reactive ketones (excluding diaryl/α,β-unsaturated/α-hetero) is 1. The van der Waals surface area contributed by atoms with Gasteiger partial charge in [0, 0.05) is 12.4 Å². The van der Waals surface area contributed by atoms with Crippen LogP contribution in [-0.4, -0.2) is 11.8 Å². The van der Waals surface area contributed by atoms with Crippen molar-refractivity contribution in [1.82, 2.24) is 0 Å². The third kappa shape index (κ3) is 9.09. The Hall–Kier alpha value is -0.510. The van der Waals surface area contributed by atoms with Crippen molar-refractivity contribution in [2.24, 2.45) is 0 Å². The molecular formula is C4H8O3S. The van der Waals surface area contributed by atoms with Gasteiger partial charge in [-0.25, -0.2) is 0 Å². The largest absolute Gasteiger partial charge is 0.550 e. The molecule has 0 saturated heterocycles. The molecule has 8 heavy (non-hydrogen) atoms. The highest BCUT2D eigenvalue weighted by atomic mass is 32.1. The second-order valence-electron chi connectivity index (χ2n) is 1.25. The van der Waals surface area contributed by atoms with Gasteiger partial charge in [-0.05, 0) is 6.92 Å². The van der Waals surface area contributed by atoms with Gasteiger partial charge in [-0.3, -0.25) is 4.79 Å². The van der Waals surface area contributed by atoms with Crippen molar-refractivity contribution >= 4 is 25.2 Å². The molecule has 0 saturated carbocycles. The van der Waals surface area contributed by atoms with E-state index in [9.17, 15) is 14.7 Å². The second-order valence-corrected chi connectivity index (χ2v) is 1.25. The van der Waals surface area contributed by atoms with Crippen LogP contribution in [0.5, 0.6) is 0 Å². The van der Waals surface area contributed by atoms with Crippen molar-refractivity contribution in [3.8, 4) is 0 Å². The minimum atomic E-state index is -1.31. The summed E-state index contributed by atoms with van der Waals surface area (Å²) in [7, 11) is 0.